The molecule has 4 aromatic rings. The molecule has 0 saturated carbocycles. The zero-order valence-corrected chi connectivity index (χ0v) is 22.3. The molecule has 3 heterocycles. The Morgan fingerprint density at radius 3 is 2.51 bits per heavy atom. The van der Waals surface area contributed by atoms with E-state index >= 15 is 0 Å². The third kappa shape index (κ3) is 5.35. The Labute approximate surface area is 222 Å². The highest BCUT2D eigenvalue weighted by molar-refractivity contribution is 7.11. The third-order valence-electron chi connectivity index (χ3n) is 5.85. The predicted molar refractivity (Wildman–Crippen MR) is 147 cm³/mol. The summed E-state index contributed by atoms with van der Waals surface area (Å²) in [6, 6.07) is 20.7. The molecule has 2 aromatic carbocycles. The van der Waals surface area contributed by atoms with Gasteiger partial charge in [0.1, 0.15) is 12.4 Å². The van der Waals surface area contributed by atoms with Gasteiger partial charge in [-0.05, 0) is 61.6 Å². The zero-order chi connectivity index (χ0) is 25.9. The van der Waals surface area contributed by atoms with Gasteiger partial charge in [0, 0.05) is 4.88 Å². The molecule has 0 spiro atoms. The number of hydrogen-bond donors (Lipinski definition) is 0. The number of hydrogen-bond acceptors (Lipinski definition) is 7. The van der Waals surface area contributed by atoms with Crippen LogP contribution in [0.1, 0.15) is 42.8 Å². The number of carbonyl (C=O) groups is 1. The average molecular weight is 531 g/mol. The van der Waals surface area contributed by atoms with E-state index in [4.69, 9.17) is 9.47 Å². The zero-order valence-electron chi connectivity index (χ0n) is 20.7. The van der Waals surface area contributed by atoms with E-state index in [1.807, 2.05) is 78.2 Å². The maximum absolute atomic E-state index is 13.6. The monoisotopic (exact) mass is 530 g/mol. The smallest absolute Gasteiger partial charge is 0.338 e. The summed E-state index contributed by atoms with van der Waals surface area (Å²) >= 11 is 2.88. The number of nitrogens with zero attached hydrogens (tertiary/aromatic N) is 2. The van der Waals surface area contributed by atoms with E-state index in [2.05, 4.69) is 4.99 Å². The van der Waals surface area contributed by atoms with Gasteiger partial charge in [-0.1, -0.05) is 59.9 Å². The minimum Gasteiger partial charge on any atom is -0.489 e. The van der Waals surface area contributed by atoms with Crippen molar-refractivity contribution in [1.29, 1.82) is 0 Å². The summed E-state index contributed by atoms with van der Waals surface area (Å²) in [7, 11) is 0. The first kappa shape index (κ1) is 24.9. The summed E-state index contributed by atoms with van der Waals surface area (Å²) in [5.41, 5.74) is 2.57. The standard InChI is InChI=1S/C29H26N2O4S2/c1-18(2)35-28(33)25-19(3)30-29-31(27(32)24(37-29)16-23-10-7-15-36-23)26(25)21-11-13-22(14-12-21)34-17-20-8-5-4-6-9-20/h4-16,18,26H,17H2,1-3H3. The number of thiophene rings is 1. The normalized spacial score (nSPS) is 15.5. The molecule has 2 aromatic heterocycles. The van der Waals surface area contributed by atoms with E-state index in [-0.39, 0.29) is 11.7 Å². The van der Waals surface area contributed by atoms with Crippen molar-refractivity contribution in [3.63, 3.8) is 0 Å². The van der Waals surface area contributed by atoms with Gasteiger partial charge in [0.15, 0.2) is 4.80 Å². The molecule has 1 atom stereocenters. The fraction of sp³-hybridized carbons (Fsp3) is 0.207. The fourth-order valence-corrected chi connectivity index (χ4v) is 5.93. The van der Waals surface area contributed by atoms with Crippen molar-refractivity contribution in [3.05, 3.63) is 119 Å². The summed E-state index contributed by atoms with van der Waals surface area (Å²) < 4.78 is 13.7. The minimum absolute atomic E-state index is 0.186. The van der Waals surface area contributed by atoms with Crippen molar-refractivity contribution < 1.29 is 14.3 Å². The number of thiazole rings is 1. The molecule has 0 fully saturated rings. The Balaban J connectivity index is 1.56. The summed E-state index contributed by atoms with van der Waals surface area (Å²) in [6.07, 6.45) is 1.57. The fourth-order valence-electron chi connectivity index (χ4n) is 4.17. The molecule has 8 heteroatoms. The first-order valence-corrected chi connectivity index (χ1v) is 13.6. The molecule has 1 aliphatic rings. The summed E-state index contributed by atoms with van der Waals surface area (Å²) in [5, 5.41) is 1.97. The van der Waals surface area contributed by atoms with E-state index in [9.17, 15) is 9.59 Å². The molecule has 1 aliphatic heterocycles. The third-order valence-corrected chi connectivity index (χ3v) is 7.65. The molecule has 5 rings (SSSR count). The lowest BCUT2D eigenvalue weighted by Crippen LogP contribution is -2.40. The molecule has 0 saturated heterocycles. The van der Waals surface area contributed by atoms with E-state index in [1.54, 1.807) is 36.7 Å². The number of allylic oxidation sites excluding steroid dienone is 1. The van der Waals surface area contributed by atoms with Gasteiger partial charge in [-0.3, -0.25) is 9.36 Å². The van der Waals surface area contributed by atoms with E-state index in [0.29, 0.717) is 33.0 Å². The highest BCUT2D eigenvalue weighted by Gasteiger charge is 2.33. The molecule has 37 heavy (non-hydrogen) atoms. The van der Waals surface area contributed by atoms with Crippen molar-refractivity contribution >= 4 is 34.7 Å². The van der Waals surface area contributed by atoms with Gasteiger partial charge >= 0.3 is 5.97 Å². The number of benzene rings is 2. The maximum Gasteiger partial charge on any atom is 0.338 e. The second-order valence-corrected chi connectivity index (χ2v) is 10.9. The second kappa shape index (κ2) is 10.7. The molecule has 0 aliphatic carbocycles. The number of ether oxygens (including phenoxy) is 2. The first-order valence-electron chi connectivity index (χ1n) is 11.9. The van der Waals surface area contributed by atoms with Gasteiger partial charge in [-0.25, -0.2) is 9.79 Å². The Hall–Kier alpha value is -3.75. The van der Waals surface area contributed by atoms with Crippen LogP contribution in [-0.2, 0) is 16.1 Å². The van der Waals surface area contributed by atoms with Crippen molar-refractivity contribution in [2.24, 2.45) is 4.99 Å². The lowest BCUT2D eigenvalue weighted by atomic mass is 9.96. The molecule has 0 radical (unpaired) electrons. The lowest BCUT2D eigenvalue weighted by molar-refractivity contribution is -0.143. The number of carbonyl (C=O) groups excluding carboxylic acids is 1. The molecule has 6 nitrogen and oxygen atoms in total. The van der Waals surface area contributed by atoms with Crippen LogP contribution in [0, 0.1) is 0 Å². The van der Waals surface area contributed by atoms with E-state index < -0.39 is 12.0 Å². The number of esters is 1. The highest BCUT2D eigenvalue weighted by Crippen LogP contribution is 2.32. The number of aromatic nitrogens is 1. The van der Waals surface area contributed by atoms with Gasteiger partial charge in [-0.15, -0.1) is 11.3 Å². The van der Waals surface area contributed by atoms with Gasteiger partial charge in [0.2, 0.25) is 0 Å². The van der Waals surface area contributed by atoms with Crippen molar-refractivity contribution in [2.75, 3.05) is 0 Å². The maximum atomic E-state index is 13.6. The molecule has 1 unspecified atom stereocenters. The van der Waals surface area contributed by atoms with Crippen molar-refractivity contribution in [2.45, 2.75) is 39.5 Å². The molecule has 0 bridgehead atoms. The van der Waals surface area contributed by atoms with Crippen LogP contribution in [0.3, 0.4) is 0 Å². The van der Waals surface area contributed by atoms with Crippen molar-refractivity contribution in [3.8, 4) is 5.75 Å². The Morgan fingerprint density at radius 2 is 1.84 bits per heavy atom. The van der Waals surface area contributed by atoms with Crippen LogP contribution in [0.25, 0.3) is 6.08 Å². The number of rotatable bonds is 7. The van der Waals surface area contributed by atoms with Crippen LogP contribution >= 0.6 is 22.7 Å². The van der Waals surface area contributed by atoms with E-state index in [1.165, 1.54) is 11.3 Å². The van der Waals surface area contributed by atoms with Crippen LogP contribution in [0.4, 0.5) is 0 Å². The topological polar surface area (TPSA) is 69.9 Å². The van der Waals surface area contributed by atoms with Gasteiger partial charge in [-0.2, -0.15) is 0 Å². The highest BCUT2D eigenvalue weighted by atomic mass is 32.1. The molecule has 0 N–H and O–H groups in total. The second-order valence-electron chi connectivity index (χ2n) is 8.89. The largest absolute Gasteiger partial charge is 0.489 e. The average Bonchev–Trinajstić information content (AvgIpc) is 3.50. The van der Waals surface area contributed by atoms with Gasteiger partial charge in [0.05, 0.1) is 27.9 Å². The van der Waals surface area contributed by atoms with E-state index in [0.717, 1.165) is 16.0 Å². The minimum atomic E-state index is -0.656. The van der Waals surface area contributed by atoms with Crippen LogP contribution in [0.5, 0.6) is 5.75 Å². The quantitative estimate of drug-likeness (QED) is 0.321. The number of fused-ring (bicyclic) bond motifs is 1. The summed E-state index contributed by atoms with van der Waals surface area (Å²) in [5.74, 6) is 0.225. The van der Waals surface area contributed by atoms with Crippen LogP contribution < -0.4 is 19.6 Å². The Morgan fingerprint density at radius 1 is 1.08 bits per heavy atom. The first-order chi connectivity index (χ1) is 17.9. The Bertz CT molecular complexity index is 1610. The molecule has 0 amide bonds. The summed E-state index contributed by atoms with van der Waals surface area (Å²) in [4.78, 5) is 33.0. The lowest BCUT2D eigenvalue weighted by Gasteiger charge is -2.25. The van der Waals surface area contributed by atoms with Gasteiger partial charge < -0.3 is 9.47 Å². The van der Waals surface area contributed by atoms with Crippen molar-refractivity contribution in [1.82, 2.24) is 4.57 Å². The molecule has 188 valence electrons. The molecular weight excluding hydrogens is 504 g/mol. The van der Waals surface area contributed by atoms with Gasteiger partial charge in [0.25, 0.3) is 5.56 Å². The van der Waals surface area contributed by atoms with Crippen LogP contribution in [-0.4, -0.2) is 16.6 Å². The summed E-state index contributed by atoms with van der Waals surface area (Å²) in [6.45, 7) is 5.84. The SMILES string of the molecule is CC1=C(C(=O)OC(C)C)C(c2ccc(OCc3ccccc3)cc2)n2c(sc(=Cc3cccs3)c2=O)=N1. The van der Waals surface area contributed by atoms with Crippen LogP contribution in [0.15, 0.2) is 93.2 Å². The predicted octanol–water partition coefficient (Wildman–Crippen LogP) is 4.83. The Kier molecular flexibility index (Phi) is 7.21. The van der Waals surface area contributed by atoms with Crippen LogP contribution in [0.2, 0.25) is 0 Å². The molecular formula is C29H26N2O4S2.